The van der Waals surface area contributed by atoms with Crippen LogP contribution < -0.4 is 10.6 Å². The van der Waals surface area contributed by atoms with E-state index in [2.05, 4.69) is 58.3 Å². The smallest absolute Gasteiger partial charge is 0.228 e. The molecule has 1 heterocycles. The summed E-state index contributed by atoms with van der Waals surface area (Å²) in [6.07, 6.45) is 3.22. The molecule has 2 N–H and O–H groups in total. The molecule has 6 nitrogen and oxygen atoms in total. The van der Waals surface area contributed by atoms with Crippen molar-refractivity contribution in [3.63, 3.8) is 0 Å². The van der Waals surface area contributed by atoms with Gasteiger partial charge in [0.2, 0.25) is 17.2 Å². The van der Waals surface area contributed by atoms with E-state index in [1.54, 1.807) is 0 Å². The topological polar surface area (TPSA) is 66.0 Å². The number of unbranched alkanes of at least 4 members (excludes halogenated alkanes) is 1. The molecule has 0 spiro atoms. The number of halogens is 1. The molecule has 0 amide bonds. The van der Waals surface area contributed by atoms with Crippen LogP contribution in [0.4, 0.5) is 11.9 Å². The molecule has 7 heteroatoms. The zero-order valence-corrected chi connectivity index (χ0v) is 14.2. The van der Waals surface area contributed by atoms with Gasteiger partial charge in [-0.1, -0.05) is 6.92 Å². The maximum absolute atomic E-state index is 5.90. The minimum Gasteiger partial charge on any atom is -0.354 e. The SMILES string of the molecule is CCCNc1nc(Cl)nc(NCCCCN(C)C(C)C)n1. The summed E-state index contributed by atoms with van der Waals surface area (Å²) in [5, 5.41) is 6.52. The van der Waals surface area contributed by atoms with E-state index in [4.69, 9.17) is 11.6 Å². The third-order valence-corrected chi connectivity index (χ3v) is 3.41. The predicted octanol–water partition coefficient (Wildman–Crippen LogP) is 2.88. The van der Waals surface area contributed by atoms with Gasteiger partial charge in [0.05, 0.1) is 0 Å². The molecule has 0 saturated heterocycles. The monoisotopic (exact) mass is 314 g/mol. The Labute approximate surface area is 132 Å². The number of nitrogens with zero attached hydrogens (tertiary/aromatic N) is 4. The highest BCUT2D eigenvalue weighted by atomic mass is 35.5. The Morgan fingerprint density at radius 3 is 2.24 bits per heavy atom. The second-order valence-electron chi connectivity index (χ2n) is 5.39. The van der Waals surface area contributed by atoms with E-state index < -0.39 is 0 Å². The van der Waals surface area contributed by atoms with Gasteiger partial charge < -0.3 is 15.5 Å². The van der Waals surface area contributed by atoms with Crippen LogP contribution in [0, 0.1) is 0 Å². The number of nitrogens with one attached hydrogen (secondary N) is 2. The first-order valence-electron chi connectivity index (χ1n) is 7.62. The first-order valence-corrected chi connectivity index (χ1v) is 8.00. The van der Waals surface area contributed by atoms with Crippen molar-refractivity contribution in [1.82, 2.24) is 19.9 Å². The van der Waals surface area contributed by atoms with Gasteiger partial charge in [-0.3, -0.25) is 0 Å². The zero-order chi connectivity index (χ0) is 15.7. The third kappa shape index (κ3) is 7.43. The maximum atomic E-state index is 5.90. The number of hydrogen-bond donors (Lipinski definition) is 2. The second kappa shape index (κ2) is 9.73. The fraction of sp³-hybridized carbons (Fsp3) is 0.786. The van der Waals surface area contributed by atoms with E-state index in [1.165, 1.54) is 0 Å². The van der Waals surface area contributed by atoms with Crippen molar-refractivity contribution < 1.29 is 0 Å². The summed E-state index contributed by atoms with van der Waals surface area (Å²) in [6.45, 7) is 9.25. The highest BCUT2D eigenvalue weighted by Gasteiger charge is 2.05. The lowest BCUT2D eigenvalue weighted by Crippen LogP contribution is -2.27. The quantitative estimate of drug-likeness (QED) is 0.647. The van der Waals surface area contributed by atoms with Gasteiger partial charge >= 0.3 is 0 Å². The Kier molecular flexibility index (Phi) is 8.30. The Morgan fingerprint density at radius 2 is 1.67 bits per heavy atom. The lowest BCUT2D eigenvalue weighted by atomic mass is 10.2. The molecule has 1 aromatic rings. The van der Waals surface area contributed by atoms with Crippen molar-refractivity contribution in [3.05, 3.63) is 5.28 Å². The molecule has 0 bridgehead atoms. The van der Waals surface area contributed by atoms with E-state index in [0.29, 0.717) is 17.9 Å². The van der Waals surface area contributed by atoms with Crippen molar-refractivity contribution in [2.24, 2.45) is 0 Å². The number of hydrogen-bond acceptors (Lipinski definition) is 6. The molecule has 0 aliphatic carbocycles. The molecule has 0 aliphatic heterocycles. The zero-order valence-electron chi connectivity index (χ0n) is 13.5. The van der Waals surface area contributed by atoms with Crippen molar-refractivity contribution in [1.29, 1.82) is 0 Å². The van der Waals surface area contributed by atoms with Crippen molar-refractivity contribution in [2.45, 2.75) is 46.1 Å². The van der Waals surface area contributed by atoms with Gasteiger partial charge in [-0.2, -0.15) is 15.0 Å². The fourth-order valence-electron chi connectivity index (χ4n) is 1.69. The average Bonchev–Trinajstić information content (AvgIpc) is 2.43. The standard InChI is InChI=1S/C14H27ClN6/c1-5-8-16-13-18-12(15)19-14(20-13)17-9-6-7-10-21(4)11(2)3/h11H,5-10H2,1-4H3,(H2,16,17,18,19,20). The lowest BCUT2D eigenvalue weighted by molar-refractivity contribution is 0.269. The van der Waals surface area contributed by atoms with Crippen molar-refractivity contribution in [3.8, 4) is 0 Å². The van der Waals surface area contributed by atoms with Crippen LogP contribution >= 0.6 is 11.6 Å². The number of anilines is 2. The predicted molar refractivity (Wildman–Crippen MR) is 89.1 cm³/mol. The van der Waals surface area contributed by atoms with E-state index in [9.17, 15) is 0 Å². The summed E-state index contributed by atoms with van der Waals surface area (Å²) in [5.41, 5.74) is 0. The maximum Gasteiger partial charge on any atom is 0.228 e. The highest BCUT2D eigenvalue weighted by Crippen LogP contribution is 2.09. The molecular weight excluding hydrogens is 288 g/mol. The molecule has 1 aromatic heterocycles. The molecule has 0 radical (unpaired) electrons. The molecule has 1 rings (SSSR count). The largest absolute Gasteiger partial charge is 0.354 e. The van der Waals surface area contributed by atoms with Gasteiger partial charge in [0.25, 0.3) is 0 Å². The Morgan fingerprint density at radius 1 is 1.05 bits per heavy atom. The van der Waals surface area contributed by atoms with Crippen LogP contribution in [0.25, 0.3) is 0 Å². The third-order valence-electron chi connectivity index (χ3n) is 3.24. The Hall–Kier alpha value is -1.14. The molecule has 0 aliphatic rings. The summed E-state index contributed by atoms with van der Waals surface area (Å²) >= 11 is 5.90. The number of aromatic nitrogens is 3. The van der Waals surface area contributed by atoms with Crippen LogP contribution in [0.1, 0.15) is 40.0 Å². The molecule has 0 atom stereocenters. The molecule has 21 heavy (non-hydrogen) atoms. The first kappa shape index (κ1) is 17.9. The summed E-state index contributed by atoms with van der Waals surface area (Å²) in [4.78, 5) is 14.8. The normalized spacial score (nSPS) is 11.2. The second-order valence-corrected chi connectivity index (χ2v) is 5.72. The molecular formula is C14H27ClN6. The molecule has 0 unspecified atom stereocenters. The van der Waals surface area contributed by atoms with Crippen LogP contribution in [0.15, 0.2) is 0 Å². The first-order chi connectivity index (χ1) is 10.0. The molecule has 120 valence electrons. The van der Waals surface area contributed by atoms with Gasteiger partial charge in [0.15, 0.2) is 0 Å². The van der Waals surface area contributed by atoms with Crippen molar-refractivity contribution in [2.75, 3.05) is 37.3 Å². The fourth-order valence-corrected chi connectivity index (χ4v) is 1.85. The summed E-state index contributed by atoms with van der Waals surface area (Å²) in [6, 6.07) is 0.590. The van der Waals surface area contributed by atoms with Crippen molar-refractivity contribution >= 4 is 23.5 Å². The van der Waals surface area contributed by atoms with Gasteiger partial charge in [-0.15, -0.1) is 0 Å². The van der Waals surface area contributed by atoms with Crippen LogP contribution in [0.2, 0.25) is 5.28 Å². The number of rotatable bonds is 10. The van der Waals surface area contributed by atoms with Gasteiger partial charge in [-0.25, -0.2) is 0 Å². The van der Waals surface area contributed by atoms with E-state index in [1.807, 2.05) is 0 Å². The average molecular weight is 315 g/mol. The highest BCUT2D eigenvalue weighted by molar-refractivity contribution is 6.28. The minimum atomic E-state index is 0.214. The van der Waals surface area contributed by atoms with Gasteiger partial charge in [0.1, 0.15) is 0 Å². The Balaban J connectivity index is 2.33. The lowest BCUT2D eigenvalue weighted by Gasteiger charge is -2.20. The molecule has 0 fully saturated rings. The minimum absolute atomic E-state index is 0.214. The summed E-state index contributed by atoms with van der Waals surface area (Å²) in [7, 11) is 2.15. The van der Waals surface area contributed by atoms with Gasteiger partial charge in [0, 0.05) is 19.1 Å². The van der Waals surface area contributed by atoms with Gasteiger partial charge in [-0.05, 0) is 58.3 Å². The van der Waals surface area contributed by atoms with E-state index in [-0.39, 0.29) is 5.28 Å². The van der Waals surface area contributed by atoms with Crippen LogP contribution in [0.3, 0.4) is 0 Å². The van der Waals surface area contributed by atoms with E-state index in [0.717, 1.165) is 38.9 Å². The van der Waals surface area contributed by atoms with Crippen LogP contribution in [0.5, 0.6) is 0 Å². The Bertz CT molecular complexity index is 412. The van der Waals surface area contributed by atoms with Crippen LogP contribution in [-0.4, -0.2) is 52.6 Å². The molecule has 0 saturated carbocycles. The van der Waals surface area contributed by atoms with Crippen LogP contribution in [-0.2, 0) is 0 Å². The van der Waals surface area contributed by atoms with E-state index >= 15 is 0 Å². The summed E-state index contributed by atoms with van der Waals surface area (Å²) in [5.74, 6) is 1.06. The summed E-state index contributed by atoms with van der Waals surface area (Å²) < 4.78 is 0. The molecule has 0 aromatic carbocycles.